The largest absolute Gasteiger partial charge is 0.420 e. The van der Waals surface area contributed by atoms with Crippen molar-refractivity contribution in [3.05, 3.63) is 60.2 Å². The third-order valence-electron chi connectivity index (χ3n) is 2.50. The van der Waals surface area contributed by atoms with E-state index in [1.807, 2.05) is 25.1 Å². The van der Waals surface area contributed by atoms with Gasteiger partial charge < -0.3 is 4.74 Å². The number of para-hydroxylation sites is 1. The molecule has 0 radical (unpaired) electrons. The summed E-state index contributed by atoms with van der Waals surface area (Å²) in [5.74, 6) is 0. The smallest absolute Gasteiger partial charge is 0.359 e. The third-order valence-corrected chi connectivity index (χ3v) is 2.50. The minimum absolute atomic E-state index is 0.556. The second-order valence-electron chi connectivity index (χ2n) is 4.16. The predicted molar refractivity (Wildman–Crippen MR) is 76.7 cm³/mol. The van der Waals surface area contributed by atoms with Crippen LogP contribution in [0.4, 0.5) is 21.0 Å². The van der Waals surface area contributed by atoms with E-state index in [-0.39, 0.29) is 0 Å². The van der Waals surface area contributed by atoms with Crippen molar-refractivity contribution in [1.29, 1.82) is 0 Å². The van der Waals surface area contributed by atoms with Gasteiger partial charge >= 0.3 is 12.2 Å². The fourth-order valence-electron chi connectivity index (χ4n) is 1.53. The van der Waals surface area contributed by atoms with E-state index in [4.69, 9.17) is 0 Å². The average Bonchev–Trinajstić information content (AvgIpc) is 2.42. The topological polar surface area (TPSA) is 67.4 Å². The van der Waals surface area contributed by atoms with Crippen LogP contribution in [0.1, 0.15) is 5.56 Å². The van der Waals surface area contributed by atoms with E-state index in [1.54, 1.807) is 36.4 Å². The van der Waals surface area contributed by atoms with Gasteiger partial charge in [0, 0.05) is 11.4 Å². The number of anilines is 2. The zero-order valence-electron chi connectivity index (χ0n) is 10.9. The summed E-state index contributed by atoms with van der Waals surface area (Å²) in [6.45, 7) is 1.94. The van der Waals surface area contributed by atoms with Crippen molar-refractivity contribution in [2.75, 3.05) is 10.6 Å². The Morgan fingerprint density at radius 1 is 0.800 bits per heavy atom. The van der Waals surface area contributed by atoms with Crippen LogP contribution in [0.3, 0.4) is 0 Å². The molecule has 0 aliphatic rings. The third kappa shape index (κ3) is 4.13. The number of ether oxygens (including phenoxy) is 1. The molecule has 0 heterocycles. The number of rotatable bonds is 2. The molecule has 0 aromatic heterocycles. The van der Waals surface area contributed by atoms with Gasteiger partial charge in [0.1, 0.15) is 0 Å². The monoisotopic (exact) mass is 270 g/mol. The maximum absolute atomic E-state index is 11.5. The molecule has 0 spiro atoms. The van der Waals surface area contributed by atoms with Gasteiger partial charge in [-0.3, -0.25) is 10.6 Å². The van der Waals surface area contributed by atoms with Gasteiger partial charge in [0.25, 0.3) is 0 Å². The Morgan fingerprint density at radius 3 is 1.85 bits per heavy atom. The quantitative estimate of drug-likeness (QED) is 0.816. The van der Waals surface area contributed by atoms with Crippen LogP contribution in [0.2, 0.25) is 0 Å². The Hall–Kier alpha value is -2.82. The van der Waals surface area contributed by atoms with Crippen molar-refractivity contribution in [1.82, 2.24) is 0 Å². The van der Waals surface area contributed by atoms with Crippen LogP contribution in [0.15, 0.2) is 54.6 Å². The minimum atomic E-state index is -0.833. The molecule has 0 aliphatic heterocycles. The van der Waals surface area contributed by atoms with Crippen LogP contribution in [-0.2, 0) is 4.74 Å². The van der Waals surface area contributed by atoms with Gasteiger partial charge in [0.15, 0.2) is 0 Å². The van der Waals surface area contributed by atoms with Crippen molar-refractivity contribution in [3.8, 4) is 0 Å². The SMILES string of the molecule is Cc1ccc(NC(=O)OC(=O)Nc2ccccc2)cc1. The van der Waals surface area contributed by atoms with Crippen LogP contribution in [0.25, 0.3) is 0 Å². The van der Waals surface area contributed by atoms with Crippen LogP contribution >= 0.6 is 0 Å². The molecule has 2 aromatic rings. The number of amides is 2. The first kappa shape index (κ1) is 13.6. The molecule has 0 unspecified atom stereocenters. The molecule has 2 amide bonds. The first-order valence-electron chi connectivity index (χ1n) is 6.05. The minimum Gasteiger partial charge on any atom is -0.359 e. The Kier molecular flexibility index (Phi) is 4.34. The zero-order valence-corrected chi connectivity index (χ0v) is 10.9. The number of benzene rings is 2. The summed E-state index contributed by atoms with van der Waals surface area (Å²) in [5, 5.41) is 4.91. The van der Waals surface area contributed by atoms with Gasteiger partial charge in [-0.05, 0) is 31.2 Å². The van der Waals surface area contributed by atoms with E-state index in [2.05, 4.69) is 15.4 Å². The highest BCUT2D eigenvalue weighted by atomic mass is 16.6. The summed E-state index contributed by atoms with van der Waals surface area (Å²) in [6.07, 6.45) is -1.66. The molecule has 20 heavy (non-hydrogen) atoms. The molecule has 5 nitrogen and oxygen atoms in total. The number of nitrogens with one attached hydrogen (secondary N) is 2. The van der Waals surface area contributed by atoms with Crippen LogP contribution < -0.4 is 10.6 Å². The summed E-state index contributed by atoms with van der Waals surface area (Å²) in [5.41, 5.74) is 2.19. The van der Waals surface area contributed by atoms with Crippen molar-refractivity contribution in [2.45, 2.75) is 6.92 Å². The van der Waals surface area contributed by atoms with Gasteiger partial charge in [0.2, 0.25) is 0 Å². The standard InChI is InChI=1S/C15H14N2O3/c1-11-7-9-13(10-8-11)17-15(19)20-14(18)16-12-5-3-2-4-6-12/h2-10H,1H3,(H,16,18)(H,17,19). The molecule has 5 heteroatoms. The van der Waals surface area contributed by atoms with Gasteiger partial charge in [-0.2, -0.15) is 0 Å². The molecule has 0 saturated carbocycles. The number of hydrogen-bond acceptors (Lipinski definition) is 3. The molecule has 0 atom stereocenters. The summed E-state index contributed by atoms with van der Waals surface area (Å²) in [4.78, 5) is 23.0. The van der Waals surface area contributed by atoms with Gasteiger partial charge in [-0.1, -0.05) is 35.9 Å². The second-order valence-corrected chi connectivity index (χ2v) is 4.16. The summed E-state index contributed by atoms with van der Waals surface area (Å²) < 4.78 is 4.59. The number of hydrogen-bond donors (Lipinski definition) is 2. The summed E-state index contributed by atoms with van der Waals surface area (Å²) in [7, 11) is 0. The van der Waals surface area contributed by atoms with E-state index < -0.39 is 12.2 Å². The van der Waals surface area contributed by atoms with E-state index in [9.17, 15) is 9.59 Å². The first-order chi connectivity index (χ1) is 9.63. The highest BCUT2D eigenvalue weighted by Crippen LogP contribution is 2.09. The van der Waals surface area contributed by atoms with Crippen LogP contribution in [-0.4, -0.2) is 12.2 Å². The van der Waals surface area contributed by atoms with Crippen molar-refractivity contribution >= 4 is 23.6 Å². The van der Waals surface area contributed by atoms with Crippen molar-refractivity contribution in [2.24, 2.45) is 0 Å². The highest BCUT2D eigenvalue weighted by Gasteiger charge is 2.10. The molecule has 2 aromatic carbocycles. The predicted octanol–water partition coefficient (Wildman–Crippen LogP) is 3.78. The fourth-order valence-corrected chi connectivity index (χ4v) is 1.53. The maximum Gasteiger partial charge on any atom is 0.420 e. The Morgan fingerprint density at radius 2 is 1.30 bits per heavy atom. The molecule has 0 bridgehead atoms. The van der Waals surface area contributed by atoms with Crippen LogP contribution in [0, 0.1) is 6.92 Å². The lowest BCUT2D eigenvalue weighted by Gasteiger charge is -2.07. The van der Waals surface area contributed by atoms with Gasteiger partial charge in [-0.25, -0.2) is 9.59 Å². The van der Waals surface area contributed by atoms with E-state index in [0.29, 0.717) is 11.4 Å². The van der Waals surface area contributed by atoms with E-state index in [1.165, 1.54) is 0 Å². The average molecular weight is 270 g/mol. The molecular weight excluding hydrogens is 256 g/mol. The molecule has 0 saturated heterocycles. The first-order valence-corrected chi connectivity index (χ1v) is 6.05. The Balaban J connectivity index is 1.85. The number of aryl methyl sites for hydroxylation is 1. The lowest BCUT2D eigenvalue weighted by atomic mass is 10.2. The second kappa shape index (κ2) is 6.38. The molecule has 0 fully saturated rings. The molecule has 0 aliphatic carbocycles. The van der Waals surface area contributed by atoms with Crippen LogP contribution in [0.5, 0.6) is 0 Å². The Bertz CT molecular complexity index is 594. The van der Waals surface area contributed by atoms with Crippen molar-refractivity contribution < 1.29 is 14.3 Å². The Labute approximate surface area is 116 Å². The molecular formula is C15H14N2O3. The lowest BCUT2D eigenvalue weighted by Crippen LogP contribution is -2.22. The highest BCUT2D eigenvalue weighted by molar-refractivity contribution is 5.97. The van der Waals surface area contributed by atoms with E-state index in [0.717, 1.165) is 5.56 Å². The lowest BCUT2D eigenvalue weighted by molar-refractivity contribution is 0.170. The molecule has 102 valence electrons. The van der Waals surface area contributed by atoms with Crippen molar-refractivity contribution in [3.63, 3.8) is 0 Å². The van der Waals surface area contributed by atoms with E-state index >= 15 is 0 Å². The molecule has 2 rings (SSSR count). The van der Waals surface area contributed by atoms with Gasteiger partial charge in [-0.15, -0.1) is 0 Å². The normalized spacial score (nSPS) is 9.65. The fraction of sp³-hybridized carbons (Fsp3) is 0.0667. The zero-order chi connectivity index (χ0) is 14.4. The number of carbonyl (C=O) groups excluding carboxylic acids is 2. The van der Waals surface area contributed by atoms with Gasteiger partial charge in [0.05, 0.1) is 0 Å². The summed E-state index contributed by atoms with van der Waals surface area (Å²) in [6, 6.07) is 15.9. The summed E-state index contributed by atoms with van der Waals surface area (Å²) >= 11 is 0. The molecule has 2 N–H and O–H groups in total. The maximum atomic E-state index is 11.5. The number of carbonyl (C=O) groups is 2.